The van der Waals surface area contributed by atoms with Crippen LogP contribution in [0.15, 0.2) is 0 Å². The summed E-state index contributed by atoms with van der Waals surface area (Å²) in [6, 6.07) is 0. The molecule has 0 aliphatic rings. The fourth-order valence-corrected chi connectivity index (χ4v) is 0. The Labute approximate surface area is 123 Å². The zero-order valence-corrected chi connectivity index (χ0v) is 14.3. The van der Waals surface area contributed by atoms with Gasteiger partial charge >= 0.3 is 123 Å². The topological polar surface area (TPSA) is 172 Å². The maximum atomic E-state index is 8.60. The van der Waals surface area contributed by atoms with Crippen LogP contribution < -0.4 is 29.7 Å². The molecular weight excluding hydrogens is 457 g/mol. The van der Waals surface area contributed by atoms with Crippen LogP contribution in [0.3, 0.4) is 0 Å². The van der Waals surface area contributed by atoms with Crippen molar-refractivity contribution in [3.63, 3.8) is 0 Å². The quantitative estimate of drug-likeness (QED) is 0.320. The molecule has 0 amide bonds. The van der Waals surface area contributed by atoms with Crippen LogP contribution in [0, 0.1) is 0 Å². The van der Waals surface area contributed by atoms with Gasteiger partial charge in [0.1, 0.15) is 0 Å². The third-order valence-electron chi connectivity index (χ3n) is 0. The Kier molecular flexibility index (Phi) is 51.7. The Morgan fingerprint density at radius 1 is 0.643 bits per heavy atom. The summed E-state index contributed by atoms with van der Waals surface area (Å²) < 4.78 is 77.4. The number of hydrogen-bond acceptors (Lipinski definition) is 9. The van der Waals surface area contributed by atoms with Gasteiger partial charge in [0.2, 0.25) is 0 Å². The average Bonchev–Trinajstić information content (AvgIpc) is 1.54. The standard InChI is InChI=1S/Al.Li.3Nb.9O.H/q+3;+1;;;;;;;;;;4*-1. The summed E-state index contributed by atoms with van der Waals surface area (Å²) >= 11 is -12.6. The Bertz CT molecular complexity index is 218. The van der Waals surface area contributed by atoms with Crippen LogP contribution in [-0.2, 0) is 75.9 Å². The van der Waals surface area contributed by atoms with Gasteiger partial charge in [-0.2, -0.15) is 0 Å². The van der Waals surface area contributed by atoms with E-state index in [9.17, 15) is 0 Å². The van der Waals surface area contributed by atoms with E-state index in [1.165, 1.54) is 0 Å². The van der Waals surface area contributed by atoms with Gasteiger partial charge in [-0.3, -0.25) is 0 Å². The van der Waals surface area contributed by atoms with Crippen LogP contribution in [0.5, 0.6) is 0 Å². The van der Waals surface area contributed by atoms with Gasteiger partial charge in [-0.05, 0) is 0 Å². The number of hydrogen-bond donors (Lipinski definition) is 0. The molecule has 0 aromatic carbocycles. The van der Waals surface area contributed by atoms with E-state index >= 15 is 0 Å². The van der Waals surface area contributed by atoms with Gasteiger partial charge in [0.05, 0.1) is 0 Å². The first-order valence-electron chi connectivity index (χ1n) is 1.64. The molecule has 0 unspecified atom stereocenters. The molecule has 0 bridgehead atoms. The molecule has 74 valence electrons. The first-order valence-corrected chi connectivity index (χ1v) is 9.72. The van der Waals surface area contributed by atoms with Crippen LogP contribution >= 0.6 is 0 Å². The maximum absolute atomic E-state index is 8.60. The molecule has 9 nitrogen and oxygen atoms in total. The molecule has 0 rings (SSSR count). The van der Waals surface area contributed by atoms with Gasteiger partial charge in [-0.25, -0.2) is 0 Å². The monoisotopic (exact) mass is 458 g/mol. The predicted molar refractivity (Wildman–Crippen MR) is 11.0 cm³/mol. The Hall–Kier alpha value is 2.03. The summed E-state index contributed by atoms with van der Waals surface area (Å²) in [5.74, 6) is 0. The molecule has 0 saturated carbocycles. The van der Waals surface area contributed by atoms with Crippen molar-refractivity contribution in [1.29, 1.82) is 0 Å². The van der Waals surface area contributed by atoms with Crippen LogP contribution in [0.1, 0.15) is 1.43 Å². The molecule has 14 heavy (non-hydrogen) atoms. The zero-order valence-electron chi connectivity index (χ0n) is 7.59. The van der Waals surface area contributed by atoms with E-state index in [0.29, 0.717) is 0 Å². The first-order chi connectivity index (χ1) is 5.20. The summed E-state index contributed by atoms with van der Waals surface area (Å²) in [6.07, 6.45) is 0. The van der Waals surface area contributed by atoms with Gasteiger partial charge in [0.15, 0.2) is 0 Å². The summed E-state index contributed by atoms with van der Waals surface area (Å²) in [6.45, 7) is 0. The van der Waals surface area contributed by atoms with E-state index in [2.05, 4.69) is 0 Å². The normalized spacial score (nSPS) is 5.36. The van der Waals surface area contributed by atoms with E-state index < -0.39 is 56.4 Å². The average molecular weight is 458 g/mol. The molecule has 0 aliphatic carbocycles. The summed E-state index contributed by atoms with van der Waals surface area (Å²) in [5.41, 5.74) is 0. The molecular formula is HAlLiNb3O9. The molecule has 0 spiro atoms. The zero-order chi connectivity index (χ0) is 10.7. The van der Waals surface area contributed by atoms with E-state index in [1.54, 1.807) is 0 Å². The first kappa shape index (κ1) is 29.8. The van der Waals surface area contributed by atoms with Crippen LogP contribution in [0.25, 0.3) is 0 Å². The third kappa shape index (κ3) is 578. The molecule has 14 heteroatoms. The summed E-state index contributed by atoms with van der Waals surface area (Å²) in [7, 11) is 0. The minimum atomic E-state index is -4.20. The van der Waals surface area contributed by atoms with Crippen LogP contribution in [0.4, 0.5) is 0 Å². The van der Waals surface area contributed by atoms with Crippen molar-refractivity contribution < 1.29 is 107 Å². The molecule has 0 saturated heterocycles. The van der Waals surface area contributed by atoms with Crippen molar-refractivity contribution in [2.24, 2.45) is 0 Å². The third-order valence-corrected chi connectivity index (χ3v) is 0. The van der Waals surface area contributed by atoms with Gasteiger partial charge in [-0.15, -0.1) is 0 Å². The summed E-state index contributed by atoms with van der Waals surface area (Å²) in [5, 5.41) is 0. The molecule has 0 radical (unpaired) electrons. The molecule has 0 atom stereocenters. The van der Waals surface area contributed by atoms with Crippen LogP contribution in [0.2, 0.25) is 0 Å². The van der Waals surface area contributed by atoms with Crippen molar-refractivity contribution in [2.45, 2.75) is 0 Å². The Morgan fingerprint density at radius 2 is 0.643 bits per heavy atom. The van der Waals surface area contributed by atoms with Crippen molar-refractivity contribution >= 4 is 17.4 Å². The van der Waals surface area contributed by atoms with E-state index in [0.717, 1.165) is 0 Å². The molecule has 0 aromatic rings. The molecule has 0 aliphatic heterocycles. The molecule has 0 heterocycles. The molecule has 0 N–H and O–H groups in total. The van der Waals surface area contributed by atoms with Gasteiger partial charge in [0.25, 0.3) is 0 Å². The second-order valence-electron chi connectivity index (χ2n) is 0.671. The Balaban J connectivity index is -0.0000000184. The molecule has 0 aromatic heterocycles. The van der Waals surface area contributed by atoms with E-state index in [-0.39, 0.29) is 37.6 Å². The Morgan fingerprint density at radius 3 is 0.643 bits per heavy atom. The van der Waals surface area contributed by atoms with Crippen molar-refractivity contribution in [3.05, 3.63) is 0 Å². The van der Waals surface area contributed by atoms with Crippen molar-refractivity contribution in [2.75, 3.05) is 0 Å². The fourth-order valence-electron chi connectivity index (χ4n) is 0. The predicted octanol–water partition coefficient (Wildman–Crippen LogP) is -7.55. The fraction of sp³-hybridized carbons (Fsp3) is 0. The van der Waals surface area contributed by atoms with E-state index in [1.807, 2.05) is 0 Å². The van der Waals surface area contributed by atoms with Crippen molar-refractivity contribution in [1.82, 2.24) is 0 Å². The summed E-state index contributed by atoms with van der Waals surface area (Å²) in [4.78, 5) is 0. The van der Waals surface area contributed by atoms with Gasteiger partial charge < -0.3 is 1.43 Å². The molecule has 0 fully saturated rings. The minimum absolute atomic E-state index is 0. The van der Waals surface area contributed by atoms with Crippen LogP contribution in [-0.4, -0.2) is 17.4 Å². The second kappa shape index (κ2) is 24.3. The van der Waals surface area contributed by atoms with Crippen molar-refractivity contribution in [3.8, 4) is 0 Å². The number of rotatable bonds is 0. The van der Waals surface area contributed by atoms with E-state index in [4.69, 9.17) is 30.3 Å². The van der Waals surface area contributed by atoms with Gasteiger partial charge in [-0.1, -0.05) is 0 Å². The second-order valence-corrected chi connectivity index (χ2v) is 3.97. The van der Waals surface area contributed by atoms with Gasteiger partial charge in [0, 0.05) is 0 Å². The SMILES string of the molecule is [Al+3].[H-].[Li+].[O]=[Nb](=[O])[O-].[O]=[Nb](=[O])[O-].[O]=[Nb](=[O])[O-].